The van der Waals surface area contributed by atoms with Crippen LogP contribution >= 0.6 is 0 Å². The summed E-state index contributed by atoms with van der Waals surface area (Å²) in [6, 6.07) is 0. The second-order valence-electron chi connectivity index (χ2n) is 6.05. The Balaban J connectivity index is 2.46. The van der Waals surface area contributed by atoms with Gasteiger partial charge in [0, 0.05) is 33.2 Å². The molecular formula is C16H29F3N4. The smallest absolute Gasteiger partial charge is 0.357 e. The fraction of sp³-hybridized carbons (Fsp3) is 0.812. The van der Waals surface area contributed by atoms with E-state index in [1.807, 2.05) is 20.0 Å². The van der Waals surface area contributed by atoms with Gasteiger partial charge in [0.2, 0.25) is 0 Å². The van der Waals surface area contributed by atoms with Gasteiger partial charge in [0.15, 0.2) is 5.96 Å². The highest BCUT2D eigenvalue weighted by molar-refractivity contribution is 5.79. The van der Waals surface area contributed by atoms with Crippen LogP contribution in [0.15, 0.2) is 17.6 Å². The predicted molar refractivity (Wildman–Crippen MR) is 88.6 cm³/mol. The van der Waals surface area contributed by atoms with E-state index < -0.39 is 12.7 Å². The van der Waals surface area contributed by atoms with Gasteiger partial charge in [-0.15, -0.1) is 6.58 Å². The molecule has 0 bridgehead atoms. The van der Waals surface area contributed by atoms with Crippen molar-refractivity contribution in [2.75, 3.05) is 46.3 Å². The van der Waals surface area contributed by atoms with Crippen LogP contribution in [0.4, 0.5) is 13.2 Å². The topological polar surface area (TPSA) is 30.9 Å². The lowest BCUT2D eigenvalue weighted by atomic mass is 10.1. The monoisotopic (exact) mass is 334 g/mol. The minimum Gasteiger partial charge on any atom is -0.357 e. The number of nitrogens with zero attached hydrogens (tertiary/aromatic N) is 3. The van der Waals surface area contributed by atoms with Gasteiger partial charge in [-0.2, -0.15) is 13.2 Å². The van der Waals surface area contributed by atoms with Crippen molar-refractivity contribution < 1.29 is 13.2 Å². The lowest BCUT2D eigenvalue weighted by molar-refractivity contribution is -0.143. The van der Waals surface area contributed by atoms with E-state index in [1.165, 1.54) is 4.90 Å². The van der Waals surface area contributed by atoms with Gasteiger partial charge in [-0.3, -0.25) is 9.89 Å². The van der Waals surface area contributed by atoms with E-state index in [9.17, 15) is 13.2 Å². The Kier molecular flexibility index (Phi) is 8.44. The van der Waals surface area contributed by atoms with Crippen LogP contribution in [0.5, 0.6) is 0 Å². The molecule has 1 N–H and O–H groups in total. The van der Waals surface area contributed by atoms with Gasteiger partial charge < -0.3 is 10.2 Å². The van der Waals surface area contributed by atoms with Crippen molar-refractivity contribution in [2.45, 2.75) is 32.4 Å². The average molecular weight is 334 g/mol. The lowest BCUT2D eigenvalue weighted by Crippen LogP contribution is -2.39. The standard InChI is InChI=1S/C16H29F3N4/c1-4-6-7-9-22(3)15(20-5-2)21-11-14-8-10-23(12-14)13-16(17,18)19/h4,14H,1,5-13H2,2-3H3,(H,20,21). The molecule has 1 rings (SSSR count). The van der Waals surface area contributed by atoms with Crippen LogP contribution in [0.2, 0.25) is 0 Å². The van der Waals surface area contributed by atoms with Gasteiger partial charge in [-0.1, -0.05) is 6.08 Å². The Labute approximate surface area is 137 Å². The Morgan fingerprint density at radius 3 is 2.83 bits per heavy atom. The molecule has 1 aliphatic heterocycles. The van der Waals surface area contributed by atoms with Crippen molar-refractivity contribution in [2.24, 2.45) is 10.9 Å². The molecule has 1 heterocycles. The second-order valence-corrected chi connectivity index (χ2v) is 6.05. The highest BCUT2D eigenvalue weighted by atomic mass is 19.4. The third-order valence-electron chi connectivity index (χ3n) is 3.87. The molecule has 0 spiro atoms. The molecule has 1 unspecified atom stereocenters. The first-order valence-electron chi connectivity index (χ1n) is 8.25. The number of alkyl halides is 3. The Bertz CT molecular complexity index is 382. The average Bonchev–Trinajstić information content (AvgIpc) is 2.88. The number of hydrogen-bond donors (Lipinski definition) is 1. The third-order valence-corrected chi connectivity index (χ3v) is 3.87. The van der Waals surface area contributed by atoms with Crippen LogP contribution in [0.25, 0.3) is 0 Å². The number of aliphatic imine (C=N–C) groups is 1. The van der Waals surface area contributed by atoms with Gasteiger partial charge in [0.05, 0.1) is 6.54 Å². The van der Waals surface area contributed by atoms with Crippen molar-refractivity contribution >= 4 is 5.96 Å². The zero-order valence-electron chi connectivity index (χ0n) is 14.2. The number of halogens is 3. The highest BCUT2D eigenvalue weighted by Crippen LogP contribution is 2.22. The Morgan fingerprint density at radius 2 is 2.22 bits per heavy atom. The maximum absolute atomic E-state index is 12.4. The number of nitrogens with one attached hydrogen (secondary N) is 1. The first-order chi connectivity index (χ1) is 10.9. The summed E-state index contributed by atoms with van der Waals surface area (Å²) in [5, 5.41) is 3.24. The quantitative estimate of drug-likeness (QED) is 0.320. The summed E-state index contributed by atoms with van der Waals surface area (Å²) >= 11 is 0. The summed E-state index contributed by atoms with van der Waals surface area (Å²) in [5.41, 5.74) is 0. The van der Waals surface area contributed by atoms with Crippen LogP contribution in [0.3, 0.4) is 0 Å². The lowest BCUT2D eigenvalue weighted by Gasteiger charge is -2.22. The summed E-state index contributed by atoms with van der Waals surface area (Å²) in [6.45, 7) is 8.11. The molecule has 0 aromatic rings. The van der Waals surface area contributed by atoms with Gasteiger partial charge in [-0.05, 0) is 38.6 Å². The van der Waals surface area contributed by atoms with Gasteiger partial charge >= 0.3 is 6.18 Å². The van der Waals surface area contributed by atoms with Crippen molar-refractivity contribution in [1.82, 2.24) is 15.1 Å². The van der Waals surface area contributed by atoms with Crippen molar-refractivity contribution in [1.29, 1.82) is 0 Å². The molecule has 0 aromatic carbocycles. The SMILES string of the molecule is C=CCCCN(C)C(=NCC1CCN(CC(F)(F)F)C1)NCC. The molecule has 1 fully saturated rings. The Hall–Kier alpha value is -1.24. The number of rotatable bonds is 8. The van der Waals surface area contributed by atoms with E-state index in [0.717, 1.165) is 38.3 Å². The molecule has 0 aliphatic carbocycles. The molecule has 23 heavy (non-hydrogen) atoms. The van der Waals surface area contributed by atoms with E-state index in [2.05, 4.69) is 21.8 Å². The van der Waals surface area contributed by atoms with E-state index in [-0.39, 0.29) is 5.92 Å². The van der Waals surface area contributed by atoms with Crippen LogP contribution in [-0.4, -0.2) is 68.3 Å². The summed E-state index contributed by atoms with van der Waals surface area (Å²) in [7, 11) is 1.98. The van der Waals surface area contributed by atoms with Crippen LogP contribution < -0.4 is 5.32 Å². The first kappa shape index (κ1) is 19.8. The summed E-state index contributed by atoms with van der Waals surface area (Å²) in [4.78, 5) is 8.14. The third kappa shape index (κ3) is 8.25. The number of hydrogen-bond acceptors (Lipinski definition) is 2. The molecule has 0 amide bonds. The molecule has 134 valence electrons. The van der Waals surface area contributed by atoms with Gasteiger partial charge in [0.1, 0.15) is 0 Å². The number of guanidine groups is 1. The highest BCUT2D eigenvalue weighted by Gasteiger charge is 2.34. The number of unbranched alkanes of at least 4 members (excludes halogenated alkanes) is 1. The maximum Gasteiger partial charge on any atom is 0.401 e. The normalized spacial score (nSPS) is 19.9. The van der Waals surface area contributed by atoms with Gasteiger partial charge in [-0.25, -0.2) is 0 Å². The van der Waals surface area contributed by atoms with Crippen molar-refractivity contribution in [3.05, 3.63) is 12.7 Å². The van der Waals surface area contributed by atoms with E-state index >= 15 is 0 Å². The van der Waals surface area contributed by atoms with E-state index in [0.29, 0.717) is 19.6 Å². The number of likely N-dealkylation sites (tertiary alicyclic amines) is 1. The van der Waals surface area contributed by atoms with E-state index in [1.54, 1.807) is 0 Å². The maximum atomic E-state index is 12.4. The van der Waals surface area contributed by atoms with Crippen LogP contribution in [0, 0.1) is 5.92 Å². The minimum atomic E-state index is -4.11. The summed E-state index contributed by atoms with van der Waals surface area (Å²) < 4.78 is 37.2. The summed E-state index contributed by atoms with van der Waals surface area (Å²) in [6.07, 6.45) is 0.523. The molecular weight excluding hydrogens is 305 g/mol. The molecule has 1 atom stereocenters. The van der Waals surface area contributed by atoms with Gasteiger partial charge in [0.25, 0.3) is 0 Å². The second kappa shape index (κ2) is 9.80. The first-order valence-corrected chi connectivity index (χ1v) is 8.25. The molecule has 4 nitrogen and oxygen atoms in total. The minimum absolute atomic E-state index is 0.201. The van der Waals surface area contributed by atoms with Crippen molar-refractivity contribution in [3.63, 3.8) is 0 Å². The molecule has 7 heteroatoms. The zero-order valence-corrected chi connectivity index (χ0v) is 14.2. The molecule has 1 aliphatic rings. The molecule has 0 radical (unpaired) electrons. The molecule has 0 aromatic heterocycles. The Morgan fingerprint density at radius 1 is 1.48 bits per heavy atom. The molecule has 0 saturated carbocycles. The molecule has 1 saturated heterocycles. The largest absolute Gasteiger partial charge is 0.401 e. The predicted octanol–water partition coefficient (Wildman–Crippen LogP) is 2.73. The fourth-order valence-electron chi connectivity index (χ4n) is 2.72. The van der Waals surface area contributed by atoms with Crippen molar-refractivity contribution in [3.8, 4) is 0 Å². The fourth-order valence-corrected chi connectivity index (χ4v) is 2.72. The number of allylic oxidation sites excluding steroid dienone is 1. The summed E-state index contributed by atoms with van der Waals surface area (Å²) in [5.74, 6) is 1.03. The van der Waals surface area contributed by atoms with Crippen LogP contribution in [0.1, 0.15) is 26.2 Å². The van der Waals surface area contributed by atoms with Crippen LogP contribution in [-0.2, 0) is 0 Å². The zero-order chi connectivity index (χ0) is 17.3. The van der Waals surface area contributed by atoms with E-state index in [4.69, 9.17) is 0 Å².